The minimum absolute atomic E-state index is 0.271. The van der Waals surface area contributed by atoms with Gasteiger partial charge in [0.05, 0.1) is 0 Å². The predicted octanol–water partition coefficient (Wildman–Crippen LogP) is 0.125. The highest BCUT2D eigenvalue weighted by Gasteiger charge is 2.00. The zero-order valence-corrected chi connectivity index (χ0v) is 6.04. The molecule has 0 bridgehead atoms. The molecule has 0 aliphatic carbocycles. The van der Waals surface area contributed by atoms with E-state index in [2.05, 4.69) is 10.1 Å². The third-order valence-electron chi connectivity index (χ3n) is 1.27. The molecule has 0 saturated carbocycles. The van der Waals surface area contributed by atoms with Gasteiger partial charge in [-0.1, -0.05) is 6.08 Å². The molecule has 1 aliphatic heterocycles. The zero-order chi connectivity index (χ0) is 8.10. The van der Waals surface area contributed by atoms with Crippen LogP contribution in [-0.4, -0.2) is 19.2 Å². The van der Waals surface area contributed by atoms with Crippen LogP contribution in [0.3, 0.4) is 0 Å². The Bertz CT molecular complexity index is 208. The van der Waals surface area contributed by atoms with Gasteiger partial charge in [0, 0.05) is 6.54 Å². The van der Waals surface area contributed by atoms with Crippen LogP contribution < -0.4 is 11.1 Å². The highest BCUT2D eigenvalue weighted by atomic mass is 16.5. The van der Waals surface area contributed by atoms with Crippen LogP contribution in [0.5, 0.6) is 0 Å². The number of carbonyl (C=O) groups excluding carboxylic acids is 1. The van der Waals surface area contributed by atoms with Crippen molar-refractivity contribution in [2.24, 2.45) is 5.73 Å². The minimum atomic E-state index is -0.736. The first kappa shape index (κ1) is 7.65. The molecule has 1 heterocycles. The Hall–Kier alpha value is -1.45. The molecule has 11 heavy (non-hydrogen) atoms. The smallest absolute Gasteiger partial charge is 0.404 e. The van der Waals surface area contributed by atoms with Gasteiger partial charge in [-0.05, 0) is 17.8 Å². The summed E-state index contributed by atoms with van der Waals surface area (Å²) in [5.74, 6) is 0. The first-order chi connectivity index (χ1) is 5.29. The van der Waals surface area contributed by atoms with Gasteiger partial charge in [-0.3, -0.25) is 0 Å². The molecule has 0 saturated heterocycles. The van der Waals surface area contributed by atoms with Crippen molar-refractivity contribution in [2.75, 3.05) is 13.2 Å². The van der Waals surface area contributed by atoms with E-state index in [9.17, 15) is 4.79 Å². The number of primary amides is 1. The molecule has 0 aromatic carbocycles. The van der Waals surface area contributed by atoms with Gasteiger partial charge in [0.1, 0.15) is 6.61 Å². The normalized spacial score (nSPS) is 15.1. The number of nitrogens with one attached hydrogen (secondary N) is 1. The molecule has 0 aromatic rings. The van der Waals surface area contributed by atoms with Gasteiger partial charge < -0.3 is 15.8 Å². The van der Waals surface area contributed by atoms with E-state index >= 15 is 0 Å². The molecule has 4 nitrogen and oxygen atoms in total. The molecule has 0 unspecified atom stereocenters. The molecular weight excluding hydrogens is 144 g/mol. The molecule has 1 rings (SSSR count). The Morgan fingerprint density at radius 2 is 2.64 bits per heavy atom. The van der Waals surface area contributed by atoms with Crippen molar-refractivity contribution in [1.82, 2.24) is 5.32 Å². The number of hydrogen-bond donors (Lipinski definition) is 2. The lowest BCUT2D eigenvalue weighted by Crippen LogP contribution is -2.20. The standard InChI is InChI=1S/C7H10N2O2/c8-7(10)11-5-6-2-1-3-9-4-6/h1-3,9H,4-5H2,(H2,8,10). The van der Waals surface area contributed by atoms with Crippen molar-refractivity contribution < 1.29 is 9.53 Å². The van der Waals surface area contributed by atoms with E-state index < -0.39 is 6.09 Å². The van der Waals surface area contributed by atoms with Crippen LogP contribution in [0.15, 0.2) is 23.9 Å². The second-order valence-corrected chi connectivity index (χ2v) is 2.17. The number of carbonyl (C=O) groups is 1. The van der Waals surface area contributed by atoms with Gasteiger partial charge in [-0.25, -0.2) is 4.79 Å². The quantitative estimate of drug-likeness (QED) is 0.594. The maximum absolute atomic E-state index is 10.2. The Balaban J connectivity index is 2.31. The second-order valence-electron chi connectivity index (χ2n) is 2.17. The summed E-state index contributed by atoms with van der Waals surface area (Å²) in [7, 11) is 0. The molecule has 1 aliphatic rings. The van der Waals surface area contributed by atoms with E-state index in [1.165, 1.54) is 0 Å². The molecular formula is C7H10N2O2. The second kappa shape index (κ2) is 3.65. The number of nitrogens with two attached hydrogens (primary N) is 1. The lowest BCUT2D eigenvalue weighted by Gasteiger charge is -2.09. The molecule has 1 amide bonds. The van der Waals surface area contributed by atoms with Crippen LogP contribution in [-0.2, 0) is 4.74 Å². The maximum Gasteiger partial charge on any atom is 0.404 e. The molecule has 0 radical (unpaired) electrons. The fourth-order valence-electron chi connectivity index (χ4n) is 0.764. The van der Waals surface area contributed by atoms with Gasteiger partial charge in [0.25, 0.3) is 0 Å². The number of dihydropyridines is 1. The number of ether oxygens (including phenoxy) is 1. The largest absolute Gasteiger partial charge is 0.445 e. The van der Waals surface area contributed by atoms with Crippen LogP contribution in [0.2, 0.25) is 0 Å². The van der Waals surface area contributed by atoms with E-state index in [1.54, 1.807) is 0 Å². The van der Waals surface area contributed by atoms with Crippen molar-refractivity contribution in [1.29, 1.82) is 0 Å². The van der Waals surface area contributed by atoms with Crippen molar-refractivity contribution in [3.05, 3.63) is 23.9 Å². The summed E-state index contributed by atoms with van der Waals surface area (Å²) in [6, 6.07) is 0. The first-order valence-corrected chi connectivity index (χ1v) is 3.29. The SMILES string of the molecule is NC(=O)OCC1=CC=CNC1. The number of rotatable bonds is 2. The summed E-state index contributed by atoms with van der Waals surface area (Å²) in [5.41, 5.74) is 5.79. The van der Waals surface area contributed by atoms with Gasteiger partial charge in [0.15, 0.2) is 0 Å². The minimum Gasteiger partial charge on any atom is -0.445 e. The molecule has 60 valence electrons. The average molecular weight is 154 g/mol. The zero-order valence-electron chi connectivity index (χ0n) is 6.04. The molecule has 0 spiro atoms. The van der Waals surface area contributed by atoms with E-state index in [4.69, 9.17) is 5.73 Å². The highest BCUT2D eigenvalue weighted by molar-refractivity contribution is 5.64. The van der Waals surface area contributed by atoms with E-state index in [0.29, 0.717) is 6.54 Å². The Morgan fingerprint density at radius 3 is 3.18 bits per heavy atom. The van der Waals surface area contributed by atoms with Crippen molar-refractivity contribution in [3.63, 3.8) is 0 Å². The Kier molecular flexibility index (Phi) is 2.54. The third-order valence-corrected chi connectivity index (χ3v) is 1.27. The van der Waals surface area contributed by atoms with Crippen molar-refractivity contribution in [3.8, 4) is 0 Å². The molecule has 0 atom stereocenters. The summed E-state index contributed by atoms with van der Waals surface area (Å²) in [6.45, 7) is 0.983. The maximum atomic E-state index is 10.2. The van der Waals surface area contributed by atoms with Gasteiger partial charge in [-0.2, -0.15) is 0 Å². The fraction of sp³-hybridized carbons (Fsp3) is 0.286. The van der Waals surface area contributed by atoms with Crippen molar-refractivity contribution >= 4 is 6.09 Å². The average Bonchev–Trinajstić information content (AvgIpc) is 2.03. The lowest BCUT2D eigenvalue weighted by molar-refractivity contribution is 0.166. The number of hydrogen-bond acceptors (Lipinski definition) is 3. The number of amides is 1. The summed E-state index contributed by atoms with van der Waals surface area (Å²) in [5, 5.41) is 2.98. The van der Waals surface area contributed by atoms with Crippen LogP contribution >= 0.6 is 0 Å². The van der Waals surface area contributed by atoms with Crippen LogP contribution in [0.4, 0.5) is 4.79 Å². The topological polar surface area (TPSA) is 64.4 Å². The summed E-state index contributed by atoms with van der Waals surface area (Å²) in [6.07, 6.45) is 4.83. The molecule has 3 N–H and O–H groups in total. The van der Waals surface area contributed by atoms with E-state index in [-0.39, 0.29) is 6.61 Å². The lowest BCUT2D eigenvalue weighted by atomic mass is 10.2. The first-order valence-electron chi connectivity index (χ1n) is 3.29. The molecule has 0 aromatic heterocycles. The molecule has 4 heteroatoms. The van der Waals surface area contributed by atoms with Crippen molar-refractivity contribution in [2.45, 2.75) is 0 Å². The summed E-state index contributed by atoms with van der Waals surface area (Å²) >= 11 is 0. The number of allylic oxidation sites excluding steroid dienone is 2. The van der Waals surface area contributed by atoms with Crippen LogP contribution in [0.25, 0.3) is 0 Å². The van der Waals surface area contributed by atoms with E-state index in [0.717, 1.165) is 5.57 Å². The van der Waals surface area contributed by atoms with Gasteiger partial charge >= 0.3 is 6.09 Å². The predicted molar refractivity (Wildman–Crippen MR) is 40.8 cm³/mol. The fourth-order valence-corrected chi connectivity index (χ4v) is 0.764. The van der Waals surface area contributed by atoms with Crippen LogP contribution in [0, 0.1) is 0 Å². The van der Waals surface area contributed by atoms with Gasteiger partial charge in [0.2, 0.25) is 0 Å². The van der Waals surface area contributed by atoms with E-state index in [1.807, 2.05) is 18.4 Å². The highest BCUT2D eigenvalue weighted by Crippen LogP contribution is 1.98. The Labute approximate surface area is 64.7 Å². The third kappa shape index (κ3) is 2.75. The summed E-state index contributed by atoms with van der Waals surface area (Å²) < 4.78 is 4.58. The Morgan fingerprint density at radius 1 is 1.82 bits per heavy atom. The molecule has 0 fully saturated rings. The van der Waals surface area contributed by atoms with Crippen LogP contribution in [0.1, 0.15) is 0 Å². The van der Waals surface area contributed by atoms with Gasteiger partial charge in [-0.15, -0.1) is 0 Å². The monoisotopic (exact) mass is 154 g/mol. The summed E-state index contributed by atoms with van der Waals surface area (Å²) in [4.78, 5) is 10.2.